The second-order valence-electron chi connectivity index (χ2n) is 6.11. The number of hydrogen-bond acceptors (Lipinski definition) is 9. The Balaban J connectivity index is 1.94. The van der Waals surface area contributed by atoms with Crippen LogP contribution in [0.3, 0.4) is 0 Å². The maximum absolute atomic E-state index is 12.4. The zero-order valence-electron chi connectivity index (χ0n) is 15.1. The van der Waals surface area contributed by atoms with Crippen LogP contribution in [0.4, 0.5) is 0 Å². The van der Waals surface area contributed by atoms with Crippen LogP contribution in [0.1, 0.15) is 48.5 Å². The molecule has 1 atom stereocenters. The number of carbonyl (C=O) groups excluding carboxylic acids is 4. The Morgan fingerprint density at radius 1 is 1.17 bits per heavy atom. The van der Waals surface area contributed by atoms with Crippen LogP contribution in [0.25, 0.3) is 5.76 Å². The van der Waals surface area contributed by atoms with E-state index in [-0.39, 0.29) is 33.8 Å². The Morgan fingerprint density at radius 3 is 2.59 bits per heavy atom. The minimum atomic E-state index is -0.854. The van der Waals surface area contributed by atoms with E-state index in [1.807, 2.05) is 0 Å². The van der Waals surface area contributed by atoms with Crippen molar-refractivity contribution in [2.24, 2.45) is 0 Å². The molecule has 1 unspecified atom stereocenters. The number of benzene rings is 1. The molecule has 1 aliphatic heterocycles. The number of ketones is 2. The highest BCUT2D eigenvalue weighted by molar-refractivity contribution is 9.12. The molecule has 10 nitrogen and oxygen atoms in total. The average Bonchev–Trinajstić information content (AvgIpc) is 3.19. The zero-order valence-corrected chi connectivity index (χ0v) is 16.7. The minimum Gasteiger partial charge on any atom is -0.489 e. The van der Waals surface area contributed by atoms with E-state index in [9.17, 15) is 19.2 Å². The number of allylic oxidation sites excluding steroid dienone is 1. The van der Waals surface area contributed by atoms with Crippen LogP contribution in [0, 0.1) is 0 Å². The molecule has 0 saturated carbocycles. The SMILES string of the molecule is COC(=O)c1nnn(C2COC3=C(Br)C(=O)C(=O)c4cccc2c43)c1C(=O)OC. The van der Waals surface area contributed by atoms with Crippen LogP contribution in [0.15, 0.2) is 22.7 Å². The lowest BCUT2D eigenvalue weighted by molar-refractivity contribution is -0.111. The van der Waals surface area contributed by atoms with E-state index in [0.29, 0.717) is 11.1 Å². The minimum absolute atomic E-state index is 0.0305. The molecule has 1 aromatic carbocycles. The van der Waals surface area contributed by atoms with Gasteiger partial charge in [0.2, 0.25) is 17.3 Å². The highest BCUT2D eigenvalue weighted by Gasteiger charge is 2.41. The number of Topliss-reactive ketones (excluding diaryl/α,β-unsaturated/α-hetero) is 2. The molecule has 29 heavy (non-hydrogen) atoms. The van der Waals surface area contributed by atoms with Crippen LogP contribution in [0.5, 0.6) is 0 Å². The molecule has 0 bridgehead atoms. The number of nitrogens with zero attached hydrogens (tertiary/aromatic N) is 3. The smallest absolute Gasteiger partial charge is 0.361 e. The van der Waals surface area contributed by atoms with Gasteiger partial charge in [0.15, 0.2) is 5.69 Å². The van der Waals surface area contributed by atoms with Crippen molar-refractivity contribution in [3.05, 3.63) is 50.8 Å². The van der Waals surface area contributed by atoms with Gasteiger partial charge in [-0.25, -0.2) is 14.3 Å². The highest BCUT2D eigenvalue weighted by Crippen LogP contribution is 2.42. The largest absolute Gasteiger partial charge is 0.489 e. The maximum atomic E-state index is 12.4. The summed E-state index contributed by atoms with van der Waals surface area (Å²) in [6, 6.07) is 4.14. The number of esters is 2. The van der Waals surface area contributed by atoms with E-state index in [1.165, 1.54) is 10.7 Å². The summed E-state index contributed by atoms with van der Waals surface area (Å²) in [7, 11) is 2.31. The molecule has 2 heterocycles. The molecular formula is C18H12BrN3O7. The van der Waals surface area contributed by atoms with E-state index >= 15 is 0 Å². The molecular weight excluding hydrogens is 450 g/mol. The molecule has 0 amide bonds. The molecule has 4 rings (SSSR count). The van der Waals surface area contributed by atoms with Gasteiger partial charge in [0, 0.05) is 11.1 Å². The van der Waals surface area contributed by atoms with Gasteiger partial charge in [-0.2, -0.15) is 0 Å². The maximum Gasteiger partial charge on any atom is 0.361 e. The number of halogens is 1. The van der Waals surface area contributed by atoms with E-state index in [0.717, 1.165) is 14.2 Å². The Hall–Kier alpha value is -3.34. The van der Waals surface area contributed by atoms with Crippen LogP contribution in [0.2, 0.25) is 0 Å². The molecule has 2 aromatic rings. The second kappa shape index (κ2) is 6.92. The third-order valence-electron chi connectivity index (χ3n) is 4.67. The van der Waals surface area contributed by atoms with Crippen molar-refractivity contribution < 1.29 is 33.4 Å². The molecule has 11 heteroatoms. The van der Waals surface area contributed by atoms with Gasteiger partial charge in [-0.05, 0) is 21.5 Å². The van der Waals surface area contributed by atoms with Crippen LogP contribution < -0.4 is 0 Å². The van der Waals surface area contributed by atoms with Gasteiger partial charge in [-0.15, -0.1) is 5.10 Å². The summed E-state index contributed by atoms with van der Waals surface area (Å²) in [4.78, 5) is 48.9. The van der Waals surface area contributed by atoms with Gasteiger partial charge in [-0.3, -0.25) is 9.59 Å². The Labute approximate surface area is 171 Å². The summed E-state index contributed by atoms with van der Waals surface area (Å²) in [5, 5.41) is 7.69. The number of aromatic nitrogens is 3. The Bertz CT molecular complexity index is 1130. The van der Waals surface area contributed by atoms with Gasteiger partial charge in [0.25, 0.3) is 0 Å². The van der Waals surface area contributed by atoms with Crippen molar-refractivity contribution in [3.63, 3.8) is 0 Å². The second-order valence-corrected chi connectivity index (χ2v) is 6.91. The third kappa shape index (κ3) is 2.69. The molecule has 0 N–H and O–H groups in total. The van der Waals surface area contributed by atoms with Crippen molar-refractivity contribution in [3.8, 4) is 0 Å². The number of rotatable bonds is 3. The topological polar surface area (TPSA) is 127 Å². The predicted molar refractivity (Wildman–Crippen MR) is 98.4 cm³/mol. The fraction of sp³-hybridized carbons (Fsp3) is 0.222. The number of ether oxygens (including phenoxy) is 3. The first kappa shape index (κ1) is 19.0. The van der Waals surface area contributed by atoms with Crippen molar-refractivity contribution in [2.45, 2.75) is 6.04 Å². The first-order chi connectivity index (χ1) is 13.9. The third-order valence-corrected chi connectivity index (χ3v) is 5.39. The van der Waals surface area contributed by atoms with Crippen molar-refractivity contribution >= 4 is 45.2 Å². The number of hydrogen-bond donors (Lipinski definition) is 0. The van der Waals surface area contributed by atoms with Gasteiger partial charge in [0.05, 0.1) is 14.2 Å². The van der Waals surface area contributed by atoms with E-state index in [2.05, 4.69) is 31.0 Å². The molecule has 148 valence electrons. The molecule has 1 aromatic heterocycles. The van der Waals surface area contributed by atoms with Crippen molar-refractivity contribution in [1.82, 2.24) is 15.0 Å². The summed E-state index contributed by atoms with van der Waals surface area (Å²) >= 11 is 3.13. The predicted octanol–water partition coefficient (Wildman–Crippen LogP) is 1.30. The summed E-state index contributed by atoms with van der Waals surface area (Å²) < 4.78 is 16.4. The first-order valence-corrected chi connectivity index (χ1v) is 9.06. The molecule has 0 radical (unpaired) electrons. The van der Waals surface area contributed by atoms with Crippen LogP contribution in [-0.4, -0.2) is 59.3 Å². The standard InChI is InChI=1S/C18H12BrN3O7/c1-27-17(25)12-13(18(26)28-2)22(21-20-12)9-6-29-16-10-7(9)4-3-5-8(10)14(23)15(24)11(16)19/h3-5,9H,6H2,1-2H3. The summed E-state index contributed by atoms with van der Waals surface area (Å²) in [6.45, 7) is -0.0314. The van der Waals surface area contributed by atoms with Gasteiger partial charge in [-0.1, -0.05) is 23.4 Å². The van der Waals surface area contributed by atoms with Crippen LogP contribution >= 0.6 is 15.9 Å². The fourth-order valence-corrected chi connectivity index (χ4v) is 3.84. The number of carbonyl (C=O) groups is 4. The van der Waals surface area contributed by atoms with E-state index in [1.54, 1.807) is 12.1 Å². The zero-order chi connectivity index (χ0) is 20.9. The van der Waals surface area contributed by atoms with Crippen molar-refractivity contribution in [2.75, 3.05) is 20.8 Å². The molecule has 0 fully saturated rings. The molecule has 0 saturated heterocycles. The van der Waals surface area contributed by atoms with Gasteiger partial charge >= 0.3 is 11.9 Å². The molecule has 0 spiro atoms. The van der Waals surface area contributed by atoms with Gasteiger partial charge in [0.1, 0.15) is 22.9 Å². The highest BCUT2D eigenvalue weighted by atomic mass is 79.9. The summed E-state index contributed by atoms with van der Waals surface area (Å²) in [5.41, 5.74) is 0.663. The summed E-state index contributed by atoms with van der Waals surface area (Å²) in [6.07, 6.45) is 0. The Kier molecular flexibility index (Phi) is 4.53. The average molecular weight is 462 g/mol. The van der Waals surface area contributed by atoms with E-state index < -0.39 is 29.5 Å². The fourth-order valence-electron chi connectivity index (χ4n) is 3.35. The van der Waals surface area contributed by atoms with Gasteiger partial charge < -0.3 is 14.2 Å². The molecule has 2 aliphatic rings. The number of methoxy groups -OCH3 is 2. The lowest BCUT2D eigenvalue weighted by Gasteiger charge is -2.32. The van der Waals surface area contributed by atoms with E-state index in [4.69, 9.17) is 9.47 Å². The molecule has 1 aliphatic carbocycles. The first-order valence-electron chi connectivity index (χ1n) is 8.27. The lowest BCUT2D eigenvalue weighted by atomic mass is 9.86. The normalized spacial score (nSPS) is 17.6. The van der Waals surface area contributed by atoms with Crippen LogP contribution in [-0.2, 0) is 19.0 Å². The lowest BCUT2D eigenvalue weighted by Crippen LogP contribution is -2.32. The monoisotopic (exact) mass is 461 g/mol. The quantitative estimate of drug-likeness (QED) is 0.490. The summed E-state index contributed by atoms with van der Waals surface area (Å²) in [5.74, 6) is -2.83. The Morgan fingerprint density at radius 2 is 1.90 bits per heavy atom. The van der Waals surface area contributed by atoms with Crippen molar-refractivity contribution in [1.29, 1.82) is 0 Å².